The van der Waals surface area contributed by atoms with Gasteiger partial charge in [-0.15, -0.1) is 0 Å². The fourth-order valence-corrected chi connectivity index (χ4v) is 4.10. The Bertz CT molecular complexity index is 972. The summed E-state index contributed by atoms with van der Waals surface area (Å²) in [7, 11) is 0. The summed E-state index contributed by atoms with van der Waals surface area (Å²) in [5, 5.41) is 11.6. The standard InChI is InChI=1S/C25H30F3N3O3/c1-17(23-10-8-19(15-30-23)14-29-12-11-24(32)33)31-34-16-18-7-9-21(20-5-3-2-4-6-20)22(13-18)25(26,27)28/h7-10,13,15,20,29,31H,1-6,11-12,14,16H2,(H,32,33). The first-order chi connectivity index (χ1) is 16.2. The van der Waals surface area contributed by atoms with Gasteiger partial charge >= 0.3 is 12.1 Å². The average Bonchev–Trinajstić information content (AvgIpc) is 2.82. The summed E-state index contributed by atoms with van der Waals surface area (Å²) in [4.78, 5) is 20.2. The zero-order valence-corrected chi connectivity index (χ0v) is 19.0. The number of carboxylic acid groups (broad SMARTS) is 1. The Morgan fingerprint density at radius 1 is 1.15 bits per heavy atom. The van der Waals surface area contributed by atoms with Gasteiger partial charge in [-0.3, -0.25) is 20.1 Å². The zero-order chi connectivity index (χ0) is 24.6. The maximum Gasteiger partial charge on any atom is 0.416 e. The molecule has 3 rings (SSSR count). The molecule has 1 aromatic heterocycles. The Labute approximate surface area is 197 Å². The predicted octanol–water partition coefficient (Wildman–Crippen LogP) is 5.40. The second-order valence-electron chi connectivity index (χ2n) is 8.50. The monoisotopic (exact) mass is 477 g/mol. The van der Waals surface area contributed by atoms with Crippen LogP contribution < -0.4 is 10.8 Å². The molecule has 1 aliphatic rings. The molecule has 184 valence electrons. The summed E-state index contributed by atoms with van der Waals surface area (Å²) in [5.41, 5.74) is 4.65. The van der Waals surface area contributed by atoms with Gasteiger partial charge < -0.3 is 10.4 Å². The van der Waals surface area contributed by atoms with E-state index in [-0.39, 0.29) is 18.9 Å². The largest absolute Gasteiger partial charge is 0.481 e. The molecule has 0 bridgehead atoms. The van der Waals surface area contributed by atoms with Gasteiger partial charge in [0.1, 0.15) is 0 Å². The molecule has 0 saturated heterocycles. The fraction of sp³-hybridized carbons (Fsp3) is 0.440. The van der Waals surface area contributed by atoms with E-state index < -0.39 is 17.7 Å². The van der Waals surface area contributed by atoms with Gasteiger partial charge in [0.25, 0.3) is 0 Å². The Hall–Kier alpha value is -2.91. The first-order valence-corrected chi connectivity index (χ1v) is 11.4. The molecule has 0 radical (unpaired) electrons. The smallest absolute Gasteiger partial charge is 0.416 e. The third-order valence-electron chi connectivity index (χ3n) is 5.88. The summed E-state index contributed by atoms with van der Waals surface area (Å²) in [6.45, 7) is 4.64. The minimum Gasteiger partial charge on any atom is -0.481 e. The van der Waals surface area contributed by atoms with E-state index >= 15 is 0 Å². The van der Waals surface area contributed by atoms with Gasteiger partial charge in [0.15, 0.2) is 0 Å². The maximum atomic E-state index is 13.7. The average molecular weight is 478 g/mol. The first kappa shape index (κ1) is 25.7. The Morgan fingerprint density at radius 2 is 1.88 bits per heavy atom. The van der Waals surface area contributed by atoms with Crippen molar-refractivity contribution in [2.24, 2.45) is 0 Å². The normalized spacial score (nSPS) is 14.7. The summed E-state index contributed by atoms with van der Waals surface area (Å²) < 4.78 is 41.1. The van der Waals surface area contributed by atoms with Gasteiger partial charge in [-0.2, -0.15) is 13.2 Å². The summed E-state index contributed by atoms with van der Waals surface area (Å²) in [6, 6.07) is 8.01. The molecule has 9 heteroatoms. The Kier molecular flexibility index (Phi) is 9.06. The molecule has 0 amide bonds. The number of hydroxylamine groups is 1. The third kappa shape index (κ3) is 7.56. The molecule has 0 atom stereocenters. The topological polar surface area (TPSA) is 83.5 Å². The second-order valence-corrected chi connectivity index (χ2v) is 8.50. The number of hydrogen-bond donors (Lipinski definition) is 3. The number of carboxylic acids is 1. The molecule has 1 aromatic carbocycles. The lowest BCUT2D eigenvalue weighted by atomic mass is 9.81. The number of nitrogens with one attached hydrogen (secondary N) is 2. The second kappa shape index (κ2) is 12.0. The van der Waals surface area contributed by atoms with Crippen LogP contribution >= 0.6 is 0 Å². The Balaban J connectivity index is 1.53. The number of rotatable bonds is 11. The van der Waals surface area contributed by atoms with Crippen molar-refractivity contribution in [2.75, 3.05) is 6.54 Å². The van der Waals surface area contributed by atoms with E-state index in [1.54, 1.807) is 24.4 Å². The molecule has 1 aliphatic carbocycles. The van der Waals surface area contributed by atoms with Crippen molar-refractivity contribution in [3.8, 4) is 0 Å². The van der Waals surface area contributed by atoms with Crippen molar-refractivity contribution in [1.82, 2.24) is 15.8 Å². The lowest BCUT2D eigenvalue weighted by Gasteiger charge is -2.25. The minimum atomic E-state index is -4.41. The van der Waals surface area contributed by atoms with Crippen molar-refractivity contribution in [1.29, 1.82) is 0 Å². The van der Waals surface area contributed by atoms with Gasteiger partial charge in [-0.05, 0) is 47.6 Å². The molecule has 0 spiro atoms. The number of benzene rings is 1. The molecule has 1 saturated carbocycles. The van der Waals surface area contributed by atoms with E-state index in [0.717, 1.165) is 37.7 Å². The third-order valence-corrected chi connectivity index (χ3v) is 5.88. The van der Waals surface area contributed by atoms with Crippen LogP contribution in [0.5, 0.6) is 0 Å². The predicted molar refractivity (Wildman–Crippen MR) is 122 cm³/mol. The van der Waals surface area contributed by atoms with Crippen LogP contribution in [0.25, 0.3) is 5.70 Å². The van der Waals surface area contributed by atoms with Crippen molar-refractivity contribution < 1.29 is 27.9 Å². The molecule has 1 heterocycles. The van der Waals surface area contributed by atoms with Crippen molar-refractivity contribution in [3.05, 3.63) is 71.1 Å². The van der Waals surface area contributed by atoms with Crippen LogP contribution in [0.4, 0.5) is 13.2 Å². The number of nitrogens with zero attached hydrogens (tertiary/aromatic N) is 1. The molecule has 1 fully saturated rings. The fourth-order valence-electron chi connectivity index (χ4n) is 4.10. The summed E-state index contributed by atoms with van der Waals surface area (Å²) in [6.07, 6.45) is 1.88. The highest BCUT2D eigenvalue weighted by Crippen LogP contribution is 2.41. The van der Waals surface area contributed by atoms with Crippen molar-refractivity contribution in [2.45, 2.75) is 63.8 Å². The molecule has 34 heavy (non-hydrogen) atoms. The summed E-state index contributed by atoms with van der Waals surface area (Å²) in [5.74, 6) is -0.905. The van der Waals surface area contributed by atoms with E-state index in [1.807, 2.05) is 6.07 Å². The van der Waals surface area contributed by atoms with Crippen molar-refractivity contribution in [3.63, 3.8) is 0 Å². The van der Waals surface area contributed by atoms with Gasteiger partial charge in [-0.25, -0.2) is 0 Å². The van der Waals surface area contributed by atoms with Crippen molar-refractivity contribution >= 4 is 11.7 Å². The van der Waals surface area contributed by atoms with E-state index in [0.29, 0.717) is 35.6 Å². The molecule has 3 N–H and O–H groups in total. The molecule has 6 nitrogen and oxygen atoms in total. The number of aromatic nitrogens is 1. The van der Waals surface area contributed by atoms with E-state index in [4.69, 9.17) is 9.94 Å². The Morgan fingerprint density at radius 3 is 2.53 bits per heavy atom. The molecule has 2 aromatic rings. The van der Waals surface area contributed by atoms with E-state index in [2.05, 4.69) is 22.4 Å². The molecular formula is C25H30F3N3O3. The highest BCUT2D eigenvalue weighted by atomic mass is 19.4. The SMILES string of the molecule is C=C(NOCc1ccc(C2CCCCC2)c(C(F)(F)F)c1)c1ccc(CNCCC(=O)O)cn1. The van der Waals surface area contributed by atoms with Crippen LogP contribution in [0.3, 0.4) is 0 Å². The van der Waals surface area contributed by atoms with E-state index in [1.165, 1.54) is 6.07 Å². The number of halogens is 3. The van der Waals surface area contributed by atoms with Crippen LogP contribution in [-0.4, -0.2) is 22.6 Å². The quantitative estimate of drug-likeness (QED) is 0.297. The summed E-state index contributed by atoms with van der Waals surface area (Å²) >= 11 is 0. The number of carbonyl (C=O) groups is 1. The molecule has 0 unspecified atom stereocenters. The lowest BCUT2D eigenvalue weighted by molar-refractivity contribution is -0.139. The van der Waals surface area contributed by atoms with Crippen LogP contribution in [-0.2, 0) is 29.0 Å². The van der Waals surface area contributed by atoms with Gasteiger partial charge in [-0.1, -0.05) is 44.0 Å². The highest BCUT2D eigenvalue weighted by Gasteiger charge is 2.35. The zero-order valence-electron chi connectivity index (χ0n) is 19.0. The number of aliphatic carboxylic acids is 1. The van der Waals surface area contributed by atoms with Gasteiger partial charge in [0, 0.05) is 19.3 Å². The van der Waals surface area contributed by atoms with Crippen LogP contribution in [0.1, 0.15) is 72.4 Å². The maximum absolute atomic E-state index is 13.7. The minimum absolute atomic E-state index is 0.0390. The lowest BCUT2D eigenvalue weighted by Crippen LogP contribution is -2.18. The van der Waals surface area contributed by atoms with Crippen LogP contribution in [0.15, 0.2) is 43.1 Å². The van der Waals surface area contributed by atoms with Gasteiger partial charge in [0.05, 0.1) is 30.0 Å². The first-order valence-electron chi connectivity index (χ1n) is 11.4. The van der Waals surface area contributed by atoms with Crippen LogP contribution in [0.2, 0.25) is 0 Å². The van der Waals surface area contributed by atoms with Crippen LogP contribution in [0, 0.1) is 0 Å². The number of pyridine rings is 1. The number of hydrogen-bond acceptors (Lipinski definition) is 5. The van der Waals surface area contributed by atoms with Gasteiger partial charge in [0.2, 0.25) is 0 Å². The molecular weight excluding hydrogens is 447 g/mol. The molecule has 0 aliphatic heterocycles. The number of alkyl halides is 3. The van der Waals surface area contributed by atoms with E-state index in [9.17, 15) is 18.0 Å². The highest BCUT2D eigenvalue weighted by molar-refractivity contribution is 5.66.